The summed E-state index contributed by atoms with van der Waals surface area (Å²) in [6.07, 6.45) is 11.7. The summed E-state index contributed by atoms with van der Waals surface area (Å²) >= 11 is 0. The van der Waals surface area contributed by atoms with Gasteiger partial charge in [0.2, 0.25) is 0 Å². The zero-order chi connectivity index (χ0) is 14.8. The highest BCUT2D eigenvalue weighted by atomic mass is 15.1. The van der Waals surface area contributed by atoms with E-state index in [-0.39, 0.29) is 5.54 Å². The van der Waals surface area contributed by atoms with Crippen LogP contribution in [0.25, 0.3) is 0 Å². The van der Waals surface area contributed by atoms with Crippen LogP contribution in [0.15, 0.2) is 0 Å². The standard InChI is InChI=1S/C17H33N3/c1-4-19-17(2,15-18)13-9-10-14-20(3)16-11-7-5-6-8-12-16/h16,19H,4-14H2,1-3H3. The number of unbranched alkanes of at least 4 members (excludes halogenated alkanes) is 1. The van der Waals surface area contributed by atoms with Gasteiger partial charge in [0.05, 0.1) is 6.07 Å². The molecule has 0 amide bonds. The Kier molecular flexibility index (Phi) is 8.18. The molecule has 1 aliphatic carbocycles. The first-order valence-electron chi connectivity index (χ1n) is 8.48. The molecule has 20 heavy (non-hydrogen) atoms. The monoisotopic (exact) mass is 279 g/mol. The van der Waals surface area contributed by atoms with Crippen molar-refractivity contribution >= 4 is 0 Å². The van der Waals surface area contributed by atoms with E-state index in [1.165, 1.54) is 51.5 Å². The molecule has 1 fully saturated rings. The third-order valence-electron chi connectivity index (χ3n) is 4.70. The van der Waals surface area contributed by atoms with Crippen molar-refractivity contribution in [2.45, 2.75) is 83.2 Å². The van der Waals surface area contributed by atoms with Gasteiger partial charge < -0.3 is 4.90 Å². The second-order valence-electron chi connectivity index (χ2n) is 6.56. The minimum absolute atomic E-state index is 0.338. The van der Waals surface area contributed by atoms with Crippen LogP contribution < -0.4 is 5.32 Å². The van der Waals surface area contributed by atoms with Gasteiger partial charge in [-0.05, 0) is 59.2 Å². The van der Waals surface area contributed by atoms with Gasteiger partial charge in [-0.3, -0.25) is 5.32 Å². The molecule has 1 unspecified atom stereocenters. The maximum absolute atomic E-state index is 9.24. The van der Waals surface area contributed by atoms with Gasteiger partial charge in [0.25, 0.3) is 0 Å². The van der Waals surface area contributed by atoms with Crippen molar-refractivity contribution in [1.29, 1.82) is 5.26 Å². The fourth-order valence-electron chi connectivity index (χ4n) is 3.29. The lowest BCUT2D eigenvalue weighted by molar-refractivity contribution is 0.214. The molecule has 1 saturated carbocycles. The average molecular weight is 279 g/mol. The van der Waals surface area contributed by atoms with Crippen LogP contribution >= 0.6 is 0 Å². The van der Waals surface area contributed by atoms with Crippen LogP contribution in [0.1, 0.15) is 71.6 Å². The Morgan fingerprint density at radius 3 is 2.40 bits per heavy atom. The molecule has 0 heterocycles. The molecule has 0 aromatic heterocycles. The normalized spacial score (nSPS) is 20.4. The number of nitrogens with zero attached hydrogens (tertiary/aromatic N) is 2. The summed E-state index contributed by atoms with van der Waals surface area (Å²) < 4.78 is 0. The Balaban J connectivity index is 2.21. The Labute approximate surface area is 125 Å². The maximum Gasteiger partial charge on any atom is 0.103 e. The quantitative estimate of drug-likeness (QED) is 0.544. The van der Waals surface area contributed by atoms with Crippen molar-refractivity contribution in [2.24, 2.45) is 0 Å². The summed E-state index contributed by atoms with van der Waals surface area (Å²) in [5.74, 6) is 0. The molecule has 0 spiro atoms. The molecular formula is C17H33N3. The second-order valence-corrected chi connectivity index (χ2v) is 6.56. The smallest absolute Gasteiger partial charge is 0.103 e. The molecule has 0 aliphatic heterocycles. The van der Waals surface area contributed by atoms with Crippen LogP contribution in [0.3, 0.4) is 0 Å². The van der Waals surface area contributed by atoms with E-state index < -0.39 is 0 Å². The average Bonchev–Trinajstić information content (AvgIpc) is 2.73. The molecule has 0 saturated heterocycles. The molecule has 3 nitrogen and oxygen atoms in total. The summed E-state index contributed by atoms with van der Waals surface area (Å²) in [7, 11) is 2.28. The lowest BCUT2D eigenvalue weighted by Gasteiger charge is -2.28. The highest BCUT2D eigenvalue weighted by Gasteiger charge is 2.22. The minimum atomic E-state index is -0.338. The lowest BCUT2D eigenvalue weighted by atomic mass is 9.96. The first kappa shape index (κ1) is 17.5. The Morgan fingerprint density at radius 2 is 1.85 bits per heavy atom. The van der Waals surface area contributed by atoms with Gasteiger partial charge in [-0.15, -0.1) is 0 Å². The van der Waals surface area contributed by atoms with Crippen molar-refractivity contribution in [1.82, 2.24) is 10.2 Å². The number of rotatable bonds is 8. The predicted octanol–water partition coefficient (Wildman–Crippen LogP) is 3.70. The van der Waals surface area contributed by atoms with E-state index in [2.05, 4.69) is 30.3 Å². The topological polar surface area (TPSA) is 39.1 Å². The fourth-order valence-corrected chi connectivity index (χ4v) is 3.29. The van der Waals surface area contributed by atoms with Crippen LogP contribution in [-0.4, -0.2) is 36.6 Å². The van der Waals surface area contributed by atoms with Crippen molar-refractivity contribution in [3.8, 4) is 6.07 Å². The molecule has 3 heteroatoms. The van der Waals surface area contributed by atoms with Gasteiger partial charge >= 0.3 is 0 Å². The molecule has 0 bridgehead atoms. The first-order chi connectivity index (χ1) is 9.61. The number of hydrogen-bond donors (Lipinski definition) is 1. The van der Waals surface area contributed by atoms with Gasteiger partial charge in [-0.2, -0.15) is 5.26 Å². The highest BCUT2D eigenvalue weighted by molar-refractivity contribution is 5.03. The lowest BCUT2D eigenvalue weighted by Crippen LogP contribution is -2.40. The summed E-state index contributed by atoms with van der Waals surface area (Å²) in [6.45, 7) is 6.13. The molecule has 0 radical (unpaired) electrons. The van der Waals surface area contributed by atoms with Crippen LogP contribution in [-0.2, 0) is 0 Å². The summed E-state index contributed by atoms with van der Waals surface area (Å²) in [5.41, 5.74) is -0.338. The van der Waals surface area contributed by atoms with Crippen LogP contribution in [0.2, 0.25) is 0 Å². The van der Waals surface area contributed by atoms with E-state index in [9.17, 15) is 5.26 Å². The molecule has 1 rings (SSSR count). The number of nitriles is 1. The fraction of sp³-hybridized carbons (Fsp3) is 0.941. The Bertz CT molecular complexity index is 289. The predicted molar refractivity (Wildman–Crippen MR) is 85.7 cm³/mol. The van der Waals surface area contributed by atoms with Gasteiger partial charge in [0, 0.05) is 6.04 Å². The highest BCUT2D eigenvalue weighted by Crippen LogP contribution is 2.21. The Hall–Kier alpha value is -0.590. The van der Waals surface area contributed by atoms with Crippen LogP contribution in [0, 0.1) is 11.3 Å². The van der Waals surface area contributed by atoms with Crippen molar-refractivity contribution < 1.29 is 0 Å². The third kappa shape index (κ3) is 6.24. The number of nitrogens with one attached hydrogen (secondary N) is 1. The van der Waals surface area contributed by atoms with Gasteiger partial charge in [-0.25, -0.2) is 0 Å². The third-order valence-corrected chi connectivity index (χ3v) is 4.70. The van der Waals surface area contributed by atoms with Gasteiger partial charge in [-0.1, -0.05) is 32.6 Å². The van der Waals surface area contributed by atoms with E-state index in [0.717, 1.165) is 25.4 Å². The van der Waals surface area contributed by atoms with Crippen molar-refractivity contribution in [3.05, 3.63) is 0 Å². The molecule has 0 aromatic rings. The zero-order valence-electron chi connectivity index (χ0n) is 13.7. The second kappa shape index (κ2) is 9.37. The summed E-state index contributed by atoms with van der Waals surface area (Å²) in [5, 5.41) is 12.5. The van der Waals surface area contributed by atoms with E-state index in [1.807, 2.05) is 6.92 Å². The summed E-state index contributed by atoms with van der Waals surface area (Å²) in [4.78, 5) is 2.56. The van der Waals surface area contributed by atoms with E-state index in [0.29, 0.717) is 0 Å². The summed E-state index contributed by atoms with van der Waals surface area (Å²) in [6, 6.07) is 3.21. The molecular weight excluding hydrogens is 246 g/mol. The van der Waals surface area contributed by atoms with Gasteiger partial charge in [0.1, 0.15) is 5.54 Å². The maximum atomic E-state index is 9.24. The van der Waals surface area contributed by atoms with Gasteiger partial charge in [0.15, 0.2) is 0 Å². The minimum Gasteiger partial charge on any atom is -0.303 e. The molecule has 0 aromatic carbocycles. The van der Waals surface area contributed by atoms with E-state index in [1.54, 1.807) is 0 Å². The molecule has 1 aliphatic rings. The van der Waals surface area contributed by atoms with Crippen molar-refractivity contribution in [2.75, 3.05) is 20.1 Å². The van der Waals surface area contributed by atoms with Crippen LogP contribution in [0.4, 0.5) is 0 Å². The molecule has 116 valence electrons. The molecule has 1 atom stereocenters. The Morgan fingerprint density at radius 1 is 1.20 bits per heavy atom. The molecule has 1 N–H and O–H groups in total. The zero-order valence-corrected chi connectivity index (χ0v) is 13.7. The SMILES string of the molecule is CCNC(C)(C#N)CCCCN(C)C1CCCCCC1. The van der Waals surface area contributed by atoms with E-state index >= 15 is 0 Å². The number of hydrogen-bond acceptors (Lipinski definition) is 3. The van der Waals surface area contributed by atoms with Crippen LogP contribution in [0.5, 0.6) is 0 Å². The van der Waals surface area contributed by atoms with E-state index in [4.69, 9.17) is 0 Å². The largest absolute Gasteiger partial charge is 0.303 e. The van der Waals surface area contributed by atoms with Crippen molar-refractivity contribution in [3.63, 3.8) is 0 Å². The first-order valence-corrected chi connectivity index (χ1v) is 8.48.